The molecule has 3 rings (SSSR count). The molecular formula is C21H35ClN2O2. The highest BCUT2D eigenvalue weighted by molar-refractivity contribution is 5.94. The van der Waals surface area contributed by atoms with Crippen molar-refractivity contribution in [2.45, 2.75) is 77.4 Å². The minimum atomic E-state index is 0. The number of aryl methyl sites for hydroxylation is 2. The number of fused-ring (bicyclic) bond motifs is 2. The molecule has 0 aromatic heterocycles. The van der Waals surface area contributed by atoms with E-state index < -0.39 is 0 Å². The van der Waals surface area contributed by atoms with Gasteiger partial charge in [-0.15, -0.1) is 12.4 Å². The number of hydrogen-bond acceptors (Lipinski definition) is 2. The summed E-state index contributed by atoms with van der Waals surface area (Å²) < 4.78 is 0. The van der Waals surface area contributed by atoms with Crippen LogP contribution in [-0.4, -0.2) is 52.9 Å². The van der Waals surface area contributed by atoms with Gasteiger partial charge >= 0.3 is 0 Å². The van der Waals surface area contributed by atoms with Crippen molar-refractivity contribution in [1.82, 2.24) is 9.80 Å². The van der Waals surface area contributed by atoms with Crippen LogP contribution in [0.2, 0.25) is 0 Å². The van der Waals surface area contributed by atoms with Crippen molar-refractivity contribution in [3.63, 3.8) is 0 Å². The third-order valence-electron chi connectivity index (χ3n) is 6.00. The molecule has 2 aliphatic heterocycles. The molecule has 0 spiro atoms. The van der Waals surface area contributed by atoms with Crippen LogP contribution in [0, 0.1) is 13.8 Å². The number of amides is 1. The first-order valence-corrected chi connectivity index (χ1v) is 9.60. The Morgan fingerprint density at radius 1 is 1.12 bits per heavy atom. The van der Waals surface area contributed by atoms with Gasteiger partial charge in [0.05, 0.1) is 0 Å². The largest absolute Gasteiger partial charge is 0.412 e. The molecule has 2 aliphatic rings. The van der Waals surface area contributed by atoms with Crippen LogP contribution in [0.15, 0.2) is 18.2 Å². The molecule has 148 valence electrons. The fourth-order valence-corrected chi connectivity index (χ4v) is 4.68. The molecule has 5 heteroatoms. The van der Waals surface area contributed by atoms with Gasteiger partial charge in [0, 0.05) is 30.2 Å². The molecule has 2 atom stereocenters. The van der Waals surface area contributed by atoms with Gasteiger partial charge in [-0.1, -0.05) is 30.5 Å². The Morgan fingerprint density at radius 3 is 2.15 bits per heavy atom. The van der Waals surface area contributed by atoms with Crippen molar-refractivity contribution in [3.8, 4) is 0 Å². The molecular weight excluding hydrogens is 348 g/mol. The number of unbranched alkanes of at least 4 members (excludes halogenated alkanes) is 1. The van der Waals surface area contributed by atoms with E-state index in [9.17, 15) is 4.79 Å². The Hall–Kier alpha value is -1.10. The van der Waals surface area contributed by atoms with Crippen molar-refractivity contribution in [2.24, 2.45) is 0 Å². The molecule has 1 amide bonds. The summed E-state index contributed by atoms with van der Waals surface area (Å²) in [5.74, 6) is 0.240. The number of carbonyl (C=O) groups excluding carboxylic acids is 1. The van der Waals surface area contributed by atoms with E-state index in [2.05, 4.69) is 55.8 Å². The van der Waals surface area contributed by atoms with Crippen molar-refractivity contribution in [1.29, 1.82) is 0 Å². The third-order valence-corrected chi connectivity index (χ3v) is 6.00. The molecule has 2 bridgehead atoms. The lowest BCUT2D eigenvalue weighted by Crippen LogP contribution is -2.51. The summed E-state index contributed by atoms with van der Waals surface area (Å²) in [5, 5.41) is 0. The molecule has 2 saturated heterocycles. The van der Waals surface area contributed by atoms with E-state index in [0.29, 0.717) is 18.1 Å². The van der Waals surface area contributed by atoms with E-state index in [-0.39, 0.29) is 23.8 Å². The van der Waals surface area contributed by atoms with Gasteiger partial charge in [0.2, 0.25) is 0 Å². The summed E-state index contributed by atoms with van der Waals surface area (Å²) in [6.07, 6.45) is 7.13. The molecule has 0 aliphatic carbocycles. The smallest absolute Gasteiger partial charge is 0.254 e. The first kappa shape index (κ1) is 22.9. The van der Waals surface area contributed by atoms with E-state index >= 15 is 0 Å². The Bertz CT molecular complexity index is 573. The SMILES string of the molecule is CCCCN(C(=O)c1cc(C)cc(C)c1)C1CC2CCC(C1)N2C.Cl.O. The summed E-state index contributed by atoms with van der Waals surface area (Å²) in [7, 11) is 2.26. The maximum atomic E-state index is 13.3. The number of halogens is 1. The number of hydrogen-bond donors (Lipinski definition) is 0. The van der Waals surface area contributed by atoms with Crippen LogP contribution in [0.4, 0.5) is 0 Å². The normalized spacial score (nSPS) is 24.5. The maximum absolute atomic E-state index is 13.3. The lowest BCUT2D eigenvalue weighted by molar-refractivity contribution is 0.0480. The quantitative estimate of drug-likeness (QED) is 0.778. The second-order valence-corrected chi connectivity index (χ2v) is 7.90. The molecule has 2 fully saturated rings. The highest BCUT2D eigenvalue weighted by Crippen LogP contribution is 2.36. The van der Waals surface area contributed by atoms with Crippen LogP contribution in [0.3, 0.4) is 0 Å². The van der Waals surface area contributed by atoms with E-state index in [1.54, 1.807) is 0 Å². The van der Waals surface area contributed by atoms with Crippen LogP contribution in [0.1, 0.15) is 66.9 Å². The van der Waals surface area contributed by atoms with Crippen LogP contribution in [-0.2, 0) is 0 Å². The van der Waals surface area contributed by atoms with Gasteiger partial charge in [-0.05, 0) is 65.1 Å². The predicted octanol–water partition coefficient (Wildman–Crippen LogP) is 3.77. The molecule has 2 heterocycles. The Kier molecular flexibility index (Phi) is 8.58. The second-order valence-electron chi connectivity index (χ2n) is 7.90. The average Bonchev–Trinajstić information content (AvgIpc) is 2.75. The summed E-state index contributed by atoms with van der Waals surface area (Å²) in [6, 6.07) is 8.01. The first-order valence-electron chi connectivity index (χ1n) is 9.60. The monoisotopic (exact) mass is 382 g/mol. The Labute approximate surface area is 164 Å². The summed E-state index contributed by atoms with van der Waals surface area (Å²) in [5.41, 5.74) is 3.23. The zero-order valence-electron chi connectivity index (χ0n) is 16.6. The molecule has 0 radical (unpaired) electrons. The zero-order valence-corrected chi connectivity index (χ0v) is 17.4. The molecule has 4 nitrogen and oxygen atoms in total. The Balaban J connectivity index is 0.00000169. The highest BCUT2D eigenvalue weighted by Gasteiger charge is 2.41. The van der Waals surface area contributed by atoms with Gasteiger partial charge in [-0.3, -0.25) is 4.79 Å². The standard InChI is InChI=1S/C21H32N2O.ClH.H2O/c1-5-6-9-23(20-13-18-7-8-19(14-20)22(18)4)21(24)17-11-15(2)10-16(3)12-17;;/h10-12,18-20H,5-9,13-14H2,1-4H3;1H;1H2. The van der Waals surface area contributed by atoms with Gasteiger partial charge < -0.3 is 15.3 Å². The lowest BCUT2D eigenvalue weighted by atomic mass is 9.95. The number of piperidine rings is 1. The van der Waals surface area contributed by atoms with Gasteiger partial charge in [-0.2, -0.15) is 0 Å². The maximum Gasteiger partial charge on any atom is 0.254 e. The van der Waals surface area contributed by atoms with Gasteiger partial charge in [-0.25, -0.2) is 0 Å². The zero-order chi connectivity index (χ0) is 17.3. The minimum absolute atomic E-state index is 0. The first-order chi connectivity index (χ1) is 11.5. The van der Waals surface area contributed by atoms with E-state index in [1.807, 2.05) is 0 Å². The van der Waals surface area contributed by atoms with Gasteiger partial charge in [0.1, 0.15) is 0 Å². The van der Waals surface area contributed by atoms with Gasteiger partial charge in [0.15, 0.2) is 0 Å². The topological polar surface area (TPSA) is 55.1 Å². The van der Waals surface area contributed by atoms with Crippen LogP contribution in [0.5, 0.6) is 0 Å². The van der Waals surface area contributed by atoms with Crippen LogP contribution >= 0.6 is 12.4 Å². The molecule has 0 saturated carbocycles. The van der Waals surface area contributed by atoms with Crippen molar-refractivity contribution >= 4 is 18.3 Å². The lowest BCUT2D eigenvalue weighted by Gasteiger charge is -2.42. The molecule has 1 aromatic rings. The predicted molar refractivity (Wildman–Crippen MR) is 110 cm³/mol. The van der Waals surface area contributed by atoms with E-state index in [1.165, 1.54) is 24.0 Å². The second kappa shape index (κ2) is 9.72. The minimum Gasteiger partial charge on any atom is -0.412 e. The Morgan fingerprint density at radius 2 is 1.65 bits per heavy atom. The highest BCUT2D eigenvalue weighted by atomic mass is 35.5. The molecule has 26 heavy (non-hydrogen) atoms. The van der Waals surface area contributed by atoms with Crippen molar-refractivity contribution < 1.29 is 10.3 Å². The molecule has 2 unspecified atom stereocenters. The van der Waals surface area contributed by atoms with E-state index in [4.69, 9.17) is 0 Å². The number of nitrogens with zero attached hydrogens (tertiary/aromatic N) is 2. The molecule has 2 N–H and O–H groups in total. The number of carbonyl (C=O) groups is 1. The van der Waals surface area contributed by atoms with Crippen molar-refractivity contribution in [2.75, 3.05) is 13.6 Å². The molecule has 1 aromatic carbocycles. The van der Waals surface area contributed by atoms with E-state index in [0.717, 1.165) is 37.8 Å². The van der Waals surface area contributed by atoms with Crippen LogP contribution < -0.4 is 0 Å². The number of benzene rings is 1. The fourth-order valence-electron chi connectivity index (χ4n) is 4.68. The van der Waals surface area contributed by atoms with Gasteiger partial charge in [0.25, 0.3) is 5.91 Å². The summed E-state index contributed by atoms with van der Waals surface area (Å²) >= 11 is 0. The average molecular weight is 383 g/mol. The fraction of sp³-hybridized carbons (Fsp3) is 0.667. The van der Waals surface area contributed by atoms with Crippen molar-refractivity contribution in [3.05, 3.63) is 34.9 Å². The third kappa shape index (κ3) is 4.79. The summed E-state index contributed by atoms with van der Waals surface area (Å²) in [6.45, 7) is 7.26. The number of rotatable bonds is 5. The van der Waals surface area contributed by atoms with Crippen LogP contribution in [0.25, 0.3) is 0 Å². The summed E-state index contributed by atoms with van der Waals surface area (Å²) in [4.78, 5) is 18.0.